The molecule has 1 saturated carbocycles. The lowest BCUT2D eigenvalue weighted by atomic mass is 10.0. The predicted octanol–water partition coefficient (Wildman–Crippen LogP) is 4.22. The number of nitrogens with one attached hydrogen (secondary N) is 1. The molecule has 1 heterocycles. The van der Waals surface area contributed by atoms with Crippen molar-refractivity contribution >= 4 is 17.3 Å². The first-order valence-corrected chi connectivity index (χ1v) is 6.64. The number of pyridine rings is 1. The summed E-state index contributed by atoms with van der Waals surface area (Å²) in [7, 11) is 0. The van der Waals surface area contributed by atoms with Crippen LogP contribution >= 0.6 is 11.6 Å². The number of hydrogen-bond acceptors (Lipinski definition) is 2. The number of nitrogens with zero attached hydrogens (tertiary/aromatic N) is 1. The summed E-state index contributed by atoms with van der Waals surface area (Å²) in [6.45, 7) is 0.843. The summed E-state index contributed by atoms with van der Waals surface area (Å²) in [6, 6.07) is 12.4. The van der Waals surface area contributed by atoms with Crippen LogP contribution in [0.3, 0.4) is 0 Å². The van der Waals surface area contributed by atoms with Crippen molar-refractivity contribution in [3.05, 3.63) is 58.9 Å². The Morgan fingerprint density at radius 2 is 2.00 bits per heavy atom. The van der Waals surface area contributed by atoms with E-state index in [1.165, 1.54) is 24.0 Å². The van der Waals surface area contributed by atoms with Gasteiger partial charge in [-0.1, -0.05) is 35.9 Å². The van der Waals surface area contributed by atoms with E-state index >= 15 is 0 Å². The molecule has 3 heteroatoms. The van der Waals surface area contributed by atoms with Crippen molar-refractivity contribution in [1.29, 1.82) is 0 Å². The van der Waals surface area contributed by atoms with Gasteiger partial charge < -0.3 is 5.32 Å². The Hall–Kier alpha value is -1.54. The minimum absolute atomic E-state index is 0.527. The van der Waals surface area contributed by atoms with E-state index in [2.05, 4.69) is 34.6 Å². The maximum Gasteiger partial charge on any atom is 0.129 e. The molecule has 0 saturated heterocycles. The molecule has 0 amide bonds. The monoisotopic (exact) mass is 258 g/mol. The standard InChI is InChI=1S/C15H15ClN2/c16-15-8-7-13(10-18-15)17-9-12-3-1-2-4-14(12)11-5-6-11/h1-4,7-8,10-11,17H,5-6,9H2. The third kappa shape index (κ3) is 2.65. The summed E-state index contributed by atoms with van der Waals surface area (Å²) in [6.07, 6.45) is 4.43. The molecule has 1 aliphatic carbocycles. The van der Waals surface area contributed by atoms with Gasteiger partial charge in [-0.15, -0.1) is 0 Å². The Morgan fingerprint density at radius 1 is 1.17 bits per heavy atom. The van der Waals surface area contributed by atoms with Gasteiger partial charge in [-0.2, -0.15) is 0 Å². The van der Waals surface area contributed by atoms with Gasteiger partial charge in [0.2, 0.25) is 0 Å². The number of benzene rings is 1. The average molecular weight is 259 g/mol. The second-order valence-corrected chi connectivity index (χ2v) is 5.08. The Kier molecular flexibility index (Phi) is 3.20. The molecule has 0 radical (unpaired) electrons. The highest BCUT2D eigenvalue weighted by Gasteiger charge is 2.25. The number of hydrogen-bond donors (Lipinski definition) is 1. The van der Waals surface area contributed by atoms with E-state index in [1.54, 1.807) is 12.3 Å². The van der Waals surface area contributed by atoms with Gasteiger partial charge in [0, 0.05) is 6.54 Å². The molecule has 1 N–H and O–H groups in total. The van der Waals surface area contributed by atoms with Gasteiger partial charge in [-0.05, 0) is 42.0 Å². The summed E-state index contributed by atoms with van der Waals surface area (Å²) in [5, 5.41) is 3.92. The van der Waals surface area contributed by atoms with Crippen molar-refractivity contribution in [2.24, 2.45) is 0 Å². The molecule has 1 fully saturated rings. The SMILES string of the molecule is Clc1ccc(NCc2ccccc2C2CC2)cn1. The van der Waals surface area contributed by atoms with Crippen LogP contribution in [0.25, 0.3) is 0 Å². The summed E-state index contributed by atoms with van der Waals surface area (Å²) < 4.78 is 0. The topological polar surface area (TPSA) is 24.9 Å². The van der Waals surface area contributed by atoms with Gasteiger partial charge in [-0.3, -0.25) is 0 Å². The van der Waals surface area contributed by atoms with Crippen LogP contribution in [0.1, 0.15) is 29.9 Å². The quantitative estimate of drug-likeness (QED) is 0.831. The van der Waals surface area contributed by atoms with E-state index in [4.69, 9.17) is 11.6 Å². The number of halogens is 1. The van der Waals surface area contributed by atoms with Crippen molar-refractivity contribution in [3.63, 3.8) is 0 Å². The molecule has 1 aromatic heterocycles. The Bertz CT molecular complexity index is 532. The molecule has 0 atom stereocenters. The molecule has 1 aromatic carbocycles. The lowest BCUT2D eigenvalue weighted by Gasteiger charge is -2.10. The van der Waals surface area contributed by atoms with Crippen LogP contribution in [-0.4, -0.2) is 4.98 Å². The molecule has 0 spiro atoms. The Balaban J connectivity index is 1.71. The molecule has 2 nitrogen and oxygen atoms in total. The van der Waals surface area contributed by atoms with Gasteiger partial charge in [-0.25, -0.2) is 4.98 Å². The van der Waals surface area contributed by atoms with Crippen LogP contribution < -0.4 is 5.32 Å². The van der Waals surface area contributed by atoms with Crippen molar-refractivity contribution in [3.8, 4) is 0 Å². The zero-order chi connectivity index (χ0) is 12.4. The smallest absolute Gasteiger partial charge is 0.129 e. The van der Waals surface area contributed by atoms with Crippen molar-refractivity contribution in [2.75, 3.05) is 5.32 Å². The highest BCUT2D eigenvalue weighted by Crippen LogP contribution is 2.41. The lowest BCUT2D eigenvalue weighted by molar-refractivity contribution is 1.03. The van der Waals surface area contributed by atoms with E-state index in [1.807, 2.05) is 6.07 Å². The predicted molar refractivity (Wildman–Crippen MR) is 75.0 cm³/mol. The fourth-order valence-corrected chi connectivity index (χ4v) is 2.28. The normalized spacial score (nSPS) is 14.5. The van der Waals surface area contributed by atoms with Crippen molar-refractivity contribution < 1.29 is 0 Å². The van der Waals surface area contributed by atoms with E-state index in [0.29, 0.717) is 5.15 Å². The number of rotatable bonds is 4. The van der Waals surface area contributed by atoms with Crippen LogP contribution in [0, 0.1) is 0 Å². The van der Waals surface area contributed by atoms with Crippen LogP contribution in [0.5, 0.6) is 0 Å². The molecule has 2 aromatic rings. The van der Waals surface area contributed by atoms with Gasteiger partial charge >= 0.3 is 0 Å². The highest BCUT2D eigenvalue weighted by atomic mass is 35.5. The summed E-state index contributed by atoms with van der Waals surface area (Å²) in [4.78, 5) is 4.06. The van der Waals surface area contributed by atoms with E-state index in [-0.39, 0.29) is 0 Å². The van der Waals surface area contributed by atoms with Gasteiger partial charge in [0.1, 0.15) is 5.15 Å². The second-order valence-electron chi connectivity index (χ2n) is 4.70. The summed E-state index contributed by atoms with van der Waals surface area (Å²) in [5.74, 6) is 0.784. The zero-order valence-corrected chi connectivity index (χ0v) is 10.8. The van der Waals surface area contributed by atoms with Crippen LogP contribution in [-0.2, 0) is 6.54 Å². The first-order chi connectivity index (χ1) is 8.83. The first kappa shape index (κ1) is 11.5. The Morgan fingerprint density at radius 3 is 2.72 bits per heavy atom. The molecule has 0 bridgehead atoms. The Labute approximate surface area is 112 Å². The van der Waals surface area contributed by atoms with E-state index in [0.717, 1.165) is 18.2 Å². The molecule has 1 aliphatic rings. The minimum Gasteiger partial charge on any atom is -0.380 e. The van der Waals surface area contributed by atoms with Crippen LogP contribution in [0.15, 0.2) is 42.6 Å². The molecular formula is C15H15ClN2. The second kappa shape index (κ2) is 4.99. The average Bonchev–Trinajstić information content (AvgIpc) is 3.23. The van der Waals surface area contributed by atoms with E-state index in [9.17, 15) is 0 Å². The van der Waals surface area contributed by atoms with Gasteiger partial charge in [0.15, 0.2) is 0 Å². The number of anilines is 1. The van der Waals surface area contributed by atoms with E-state index < -0.39 is 0 Å². The van der Waals surface area contributed by atoms with Crippen LogP contribution in [0.2, 0.25) is 5.15 Å². The zero-order valence-electron chi connectivity index (χ0n) is 10.1. The fraction of sp³-hybridized carbons (Fsp3) is 0.267. The molecule has 3 rings (SSSR count). The third-order valence-corrected chi connectivity index (χ3v) is 3.51. The largest absolute Gasteiger partial charge is 0.380 e. The molecule has 0 aliphatic heterocycles. The van der Waals surface area contributed by atoms with Gasteiger partial charge in [0.25, 0.3) is 0 Å². The molecule has 0 unspecified atom stereocenters. The number of aromatic nitrogens is 1. The lowest BCUT2D eigenvalue weighted by Crippen LogP contribution is -2.02. The molecular weight excluding hydrogens is 244 g/mol. The van der Waals surface area contributed by atoms with Crippen LogP contribution in [0.4, 0.5) is 5.69 Å². The van der Waals surface area contributed by atoms with Crippen molar-refractivity contribution in [1.82, 2.24) is 4.98 Å². The molecule has 92 valence electrons. The minimum atomic E-state index is 0.527. The maximum absolute atomic E-state index is 5.76. The first-order valence-electron chi connectivity index (χ1n) is 6.26. The molecule has 18 heavy (non-hydrogen) atoms. The van der Waals surface area contributed by atoms with Crippen molar-refractivity contribution in [2.45, 2.75) is 25.3 Å². The summed E-state index contributed by atoms with van der Waals surface area (Å²) >= 11 is 5.76. The van der Waals surface area contributed by atoms with Gasteiger partial charge in [0.05, 0.1) is 11.9 Å². The maximum atomic E-state index is 5.76. The summed E-state index contributed by atoms with van der Waals surface area (Å²) in [5.41, 5.74) is 3.88. The fourth-order valence-electron chi connectivity index (χ4n) is 2.17. The third-order valence-electron chi connectivity index (χ3n) is 3.28. The highest BCUT2D eigenvalue weighted by molar-refractivity contribution is 6.29.